The van der Waals surface area contributed by atoms with E-state index in [0.29, 0.717) is 6.04 Å². The second-order valence-corrected chi connectivity index (χ2v) is 5.77. The van der Waals surface area contributed by atoms with E-state index in [1.54, 1.807) is 0 Å². The molecule has 1 aliphatic rings. The molecule has 0 bridgehead atoms. The van der Waals surface area contributed by atoms with Crippen LogP contribution < -0.4 is 5.32 Å². The van der Waals surface area contributed by atoms with Crippen molar-refractivity contribution >= 4 is 27.3 Å². The zero-order valence-electron chi connectivity index (χ0n) is 8.74. The quantitative estimate of drug-likeness (QED) is 0.844. The van der Waals surface area contributed by atoms with Crippen molar-refractivity contribution in [2.45, 2.75) is 12.5 Å². The Morgan fingerprint density at radius 1 is 1.25 bits per heavy atom. The summed E-state index contributed by atoms with van der Waals surface area (Å²) in [5.74, 6) is 0. The summed E-state index contributed by atoms with van der Waals surface area (Å²) in [7, 11) is 0. The van der Waals surface area contributed by atoms with Crippen LogP contribution in [0.4, 0.5) is 0 Å². The van der Waals surface area contributed by atoms with Crippen molar-refractivity contribution in [1.29, 1.82) is 0 Å². The summed E-state index contributed by atoms with van der Waals surface area (Å²) in [5.41, 5.74) is 2.84. The molecule has 1 N–H and O–H groups in total. The normalized spacial score (nSPS) is 19.4. The van der Waals surface area contributed by atoms with Crippen LogP contribution in [0.25, 0.3) is 0 Å². The number of thiophene rings is 1. The summed E-state index contributed by atoms with van der Waals surface area (Å²) in [5, 5.41) is 5.79. The van der Waals surface area contributed by atoms with Crippen molar-refractivity contribution in [2.75, 3.05) is 6.54 Å². The second-order valence-electron chi connectivity index (χ2n) is 3.97. The van der Waals surface area contributed by atoms with Crippen molar-refractivity contribution in [3.8, 4) is 0 Å². The van der Waals surface area contributed by atoms with Gasteiger partial charge in [0.15, 0.2) is 0 Å². The largest absolute Gasteiger partial charge is 0.305 e. The Hall–Kier alpha value is -0.640. The molecule has 82 valence electrons. The molecule has 1 aromatic carbocycles. The number of nitrogens with one attached hydrogen (secondary N) is 1. The van der Waals surface area contributed by atoms with E-state index in [2.05, 4.69) is 57.0 Å². The Bertz CT molecular complexity index is 506. The maximum atomic E-state index is 3.64. The van der Waals surface area contributed by atoms with Crippen molar-refractivity contribution in [1.82, 2.24) is 5.32 Å². The van der Waals surface area contributed by atoms with Gasteiger partial charge >= 0.3 is 0 Å². The van der Waals surface area contributed by atoms with Gasteiger partial charge in [-0.3, -0.25) is 0 Å². The molecule has 3 heteroatoms. The van der Waals surface area contributed by atoms with Gasteiger partial charge in [0.25, 0.3) is 0 Å². The smallest absolute Gasteiger partial charge is 0.0684 e. The summed E-state index contributed by atoms with van der Waals surface area (Å²) in [6, 6.07) is 11.1. The average molecular weight is 294 g/mol. The third kappa shape index (κ3) is 1.73. The van der Waals surface area contributed by atoms with E-state index < -0.39 is 0 Å². The van der Waals surface area contributed by atoms with Crippen LogP contribution in [0.5, 0.6) is 0 Å². The van der Waals surface area contributed by atoms with Crippen LogP contribution in [0, 0.1) is 0 Å². The first-order valence-electron chi connectivity index (χ1n) is 5.40. The van der Waals surface area contributed by atoms with Crippen LogP contribution >= 0.6 is 27.3 Å². The highest BCUT2D eigenvalue weighted by molar-refractivity contribution is 9.10. The van der Waals surface area contributed by atoms with Gasteiger partial charge in [0.2, 0.25) is 0 Å². The molecule has 2 heterocycles. The molecule has 0 saturated carbocycles. The Labute approximate surface area is 108 Å². The molecule has 1 unspecified atom stereocenters. The lowest BCUT2D eigenvalue weighted by atomic mass is 9.98. The molecule has 0 fully saturated rings. The van der Waals surface area contributed by atoms with E-state index in [9.17, 15) is 0 Å². The highest BCUT2D eigenvalue weighted by Crippen LogP contribution is 2.35. The third-order valence-corrected chi connectivity index (χ3v) is 4.75. The second kappa shape index (κ2) is 4.32. The number of hydrogen-bond donors (Lipinski definition) is 1. The van der Waals surface area contributed by atoms with Gasteiger partial charge in [-0.2, -0.15) is 0 Å². The Balaban J connectivity index is 2.08. The monoisotopic (exact) mass is 293 g/mol. The number of benzene rings is 1. The maximum absolute atomic E-state index is 3.64. The van der Waals surface area contributed by atoms with Gasteiger partial charge in [-0.1, -0.05) is 34.1 Å². The standard InChI is InChI=1S/C13H12BrNS/c14-11-4-2-1-3-10(11)12-13-9(5-7-15-12)6-8-16-13/h1-4,6,8,12,15H,5,7H2. The van der Waals surface area contributed by atoms with Crippen LogP contribution in [0.2, 0.25) is 0 Å². The minimum Gasteiger partial charge on any atom is -0.305 e. The highest BCUT2D eigenvalue weighted by Gasteiger charge is 2.23. The van der Waals surface area contributed by atoms with Gasteiger partial charge in [0.1, 0.15) is 0 Å². The Kier molecular flexibility index (Phi) is 2.84. The van der Waals surface area contributed by atoms with Crippen molar-refractivity contribution in [3.05, 3.63) is 56.2 Å². The fourth-order valence-electron chi connectivity index (χ4n) is 2.21. The van der Waals surface area contributed by atoms with Crippen LogP contribution in [-0.4, -0.2) is 6.54 Å². The molecule has 0 saturated heterocycles. The lowest BCUT2D eigenvalue weighted by molar-refractivity contribution is 0.577. The first-order valence-corrected chi connectivity index (χ1v) is 7.07. The molecule has 1 aromatic heterocycles. The Morgan fingerprint density at radius 3 is 3.00 bits per heavy atom. The first-order chi connectivity index (χ1) is 7.86. The lowest BCUT2D eigenvalue weighted by Gasteiger charge is -2.25. The molecule has 0 spiro atoms. The third-order valence-electron chi connectivity index (χ3n) is 3.00. The molecule has 0 amide bonds. The summed E-state index contributed by atoms with van der Waals surface area (Å²) in [6.45, 7) is 1.07. The Morgan fingerprint density at radius 2 is 2.12 bits per heavy atom. The van der Waals surface area contributed by atoms with E-state index in [1.807, 2.05) is 11.3 Å². The zero-order valence-corrected chi connectivity index (χ0v) is 11.1. The van der Waals surface area contributed by atoms with E-state index >= 15 is 0 Å². The summed E-state index contributed by atoms with van der Waals surface area (Å²) in [4.78, 5) is 1.47. The highest BCUT2D eigenvalue weighted by atomic mass is 79.9. The molecule has 16 heavy (non-hydrogen) atoms. The SMILES string of the molecule is Brc1ccccc1C1NCCc2ccsc21. The molecule has 3 rings (SSSR count). The fourth-order valence-corrected chi connectivity index (χ4v) is 3.77. The minimum atomic E-state index is 0.360. The number of hydrogen-bond acceptors (Lipinski definition) is 2. The predicted molar refractivity (Wildman–Crippen MR) is 72.0 cm³/mol. The van der Waals surface area contributed by atoms with E-state index in [1.165, 1.54) is 20.5 Å². The minimum absolute atomic E-state index is 0.360. The predicted octanol–water partition coefficient (Wildman–Crippen LogP) is 3.75. The lowest BCUT2D eigenvalue weighted by Crippen LogP contribution is -2.29. The molecule has 1 atom stereocenters. The van der Waals surface area contributed by atoms with Crippen molar-refractivity contribution < 1.29 is 0 Å². The summed E-state index contributed by atoms with van der Waals surface area (Å²) >= 11 is 5.49. The first kappa shape index (κ1) is 10.5. The average Bonchev–Trinajstić information content (AvgIpc) is 2.77. The zero-order chi connectivity index (χ0) is 11.0. The molecular formula is C13H12BrNS. The van der Waals surface area contributed by atoms with Gasteiger partial charge in [-0.25, -0.2) is 0 Å². The fraction of sp³-hybridized carbons (Fsp3) is 0.231. The topological polar surface area (TPSA) is 12.0 Å². The molecule has 2 aromatic rings. The van der Waals surface area contributed by atoms with Crippen LogP contribution in [0.15, 0.2) is 40.2 Å². The number of fused-ring (bicyclic) bond motifs is 1. The molecule has 1 nitrogen and oxygen atoms in total. The van der Waals surface area contributed by atoms with Crippen molar-refractivity contribution in [3.63, 3.8) is 0 Å². The van der Waals surface area contributed by atoms with E-state index in [0.717, 1.165) is 13.0 Å². The number of halogens is 1. The van der Waals surface area contributed by atoms with Gasteiger partial charge in [-0.05, 0) is 35.1 Å². The summed E-state index contributed by atoms with van der Waals surface area (Å²) in [6.07, 6.45) is 1.15. The molecule has 1 aliphatic heterocycles. The van der Waals surface area contributed by atoms with E-state index in [4.69, 9.17) is 0 Å². The van der Waals surface area contributed by atoms with Gasteiger partial charge in [0, 0.05) is 15.9 Å². The molecule has 0 aliphatic carbocycles. The van der Waals surface area contributed by atoms with Crippen LogP contribution in [0.1, 0.15) is 22.0 Å². The van der Waals surface area contributed by atoms with Crippen LogP contribution in [0.3, 0.4) is 0 Å². The van der Waals surface area contributed by atoms with Crippen LogP contribution in [-0.2, 0) is 6.42 Å². The van der Waals surface area contributed by atoms with Crippen molar-refractivity contribution in [2.24, 2.45) is 0 Å². The van der Waals surface area contributed by atoms with Gasteiger partial charge < -0.3 is 5.32 Å². The van der Waals surface area contributed by atoms with Gasteiger partial charge in [-0.15, -0.1) is 11.3 Å². The van der Waals surface area contributed by atoms with E-state index in [-0.39, 0.29) is 0 Å². The molecule has 0 radical (unpaired) electrons. The van der Waals surface area contributed by atoms with Gasteiger partial charge in [0.05, 0.1) is 6.04 Å². The maximum Gasteiger partial charge on any atom is 0.0684 e. The number of rotatable bonds is 1. The summed E-state index contributed by atoms with van der Waals surface area (Å²) < 4.78 is 1.19. The molecular weight excluding hydrogens is 282 g/mol.